The molecule has 0 saturated heterocycles. The van der Waals surface area contributed by atoms with Crippen LogP contribution in [0.4, 0.5) is 0 Å². The maximum atomic E-state index is 12.4. The summed E-state index contributed by atoms with van der Waals surface area (Å²) in [5, 5.41) is 6.75. The number of rotatable bonds is 9. The van der Waals surface area contributed by atoms with Crippen LogP contribution in [0.5, 0.6) is 17.2 Å². The third kappa shape index (κ3) is 5.51. The highest BCUT2D eigenvalue weighted by Gasteiger charge is 2.11. The largest absolute Gasteiger partial charge is 0.497 e. The number of methoxy groups -OCH3 is 1. The van der Waals surface area contributed by atoms with Crippen LogP contribution >= 0.6 is 0 Å². The van der Waals surface area contributed by atoms with Crippen molar-refractivity contribution in [3.05, 3.63) is 71.1 Å². The molecule has 3 rings (SSSR count). The first-order valence-electron chi connectivity index (χ1n) is 9.26. The molecule has 0 saturated carbocycles. The fraction of sp³-hybridized carbons (Fsp3) is 0.273. The zero-order valence-corrected chi connectivity index (χ0v) is 16.7. The van der Waals surface area contributed by atoms with Crippen LogP contribution in [0, 0.1) is 13.8 Å². The summed E-state index contributed by atoms with van der Waals surface area (Å²) in [5.74, 6) is 2.55. The van der Waals surface area contributed by atoms with Crippen LogP contribution in [0.1, 0.15) is 27.4 Å². The van der Waals surface area contributed by atoms with E-state index in [0.717, 1.165) is 22.8 Å². The van der Waals surface area contributed by atoms with Crippen LogP contribution in [-0.4, -0.2) is 31.3 Å². The van der Waals surface area contributed by atoms with E-state index in [1.165, 1.54) is 0 Å². The lowest BCUT2D eigenvalue weighted by molar-refractivity contribution is 0.0946. The van der Waals surface area contributed by atoms with Crippen molar-refractivity contribution in [2.24, 2.45) is 0 Å². The van der Waals surface area contributed by atoms with Gasteiger partial charge < -0.3 is 24.1 Å². The SMILES string of the molecule is COc1cccc(OCCNC(=O)c2cccc(OCc3c(C)noc3C)c2)c1. The van der Waals surface area contributed by atoms with Crippen molar-refractivity contribution in [3.8, 4) is 17.2 Å². The molecule has 0 fully saturated rings. The maximum Gasteiger partial charge on any atom is 0.251 e. The number of nitrogens with one attached hydrogen (secondary N) is 1. The quantitative estimate of drug-likeness (QED) is 0.556. The molecule has 0 spiro atoms. The van der Waals surface area contributed by atoms with Gasteiger partial charge in [-0.05, 0) is 44.2 Å². The highest BCUT2D eigenvalue weighted by atomic mass is 16.5. The molecule has 152 valence electrons. The van der Waals surface area contributed by atoms with E-state index < -0.39 is 0 Å². The minimum Gasteiger partial charge on any atom is -0.497 e. The van der Waals surface area contributed by atoms with E-state index in [4.69, 9.17) is 18.7 Å². The summed E-state index contributed by atoms with van der Waals surface area (Å²) < 4.78 is 21.7. The first-order chi connectivity index (χ1) is 14.1. The summed E-state index contributed by atoms with van der Waals surface area (Å²) in [7, 11) is 1.60. The number of aryl methyl sites for hydroxylation is 2. The molecule has 7 heteroatoms. The molecule has 1 aromatic heterocycles. The molecule has 29 heavy (non-hydrogen) atoms. The lowest BCUT2D eigenvalue weighted by Crippen LogP contribution is -2.28. The minimum atomic E-state index is -0.193. The van der Waals surface area contributed by atoms with Gasteiger partial charge in [0.2, 0.25) is 0 Å². The molecule has 1 heterocycles. The van der Waals surface area contributed by atoms with Gasteiger partial charge in [-0.2, -0.15) is 0 Å². The number of hydrogen-bond acceptors (Lipinski definition) is 6. The summed E-state index contributed by atoms with van der Waals surface area (Å²) in [4.78, 5) is 12.4. The number of carbonyl (C=O) groups is 1. The van der Waals surface area contributed by atoms with Gasteiger partial charge in [0.15, 0.2) is 0 Å². The first-order valence-corrected chi connectivity index (χ1v) is 9.26. The van der Waals surface area contributed by atoms with Crippen molar-refractivity contribution in [1.82, 2.24) is 10.5 Å². The Bertz CT molecular complexity index is 948. The van der Waals surface area contributed by atoms with Gasteiger partial charge in [-0.15, -0.1) is 0 Å². The van der Waals surface area contributed by atoms with Gasteiger partial charge in [-0.3, -0.25) is 4.79 Å². The number of aromatic nitrogens is 1. The highest BCUT2D eigenvalue weighted by Crippen LogP contribution is 2.19. The van der Waals surface area contributed by atoms with E-state index in [2.05, 4.69) is 10.5 Å². The molecule has 0 radical (unpaired) electrons. The standard InChI is InChI=1S/C22H24N2O5/c1-15-21(16(2)29-24-15)14-28-19-8-4-6-17(12-19)22(25)23-10-11-27-20-9-5-7-18(13-20)26-3/h4-9,12-13H,10-11,14H2,1-3H3,(H,23,25). The molecular formula is C22H24N2O5. The van der Waals surface area contributed by atoms with Crippen molar-refractivity contribution in [1.29, 1.82) is 0 Å². The summed E-state index contributed by atoms with van der Waals surface area (Å²) in [6.07, 6.45) is 0. The molecule has 0 bridgehead atoms. The molecule has 2 aromatic carbocycles. The van der Waals surface area contributed by atoms with E-state index in [1.807, 2.05) is 32.0 Å². The zero-order chi connectivity index (χ0) is 20.6. The third-order valence-electron chi connectivity index (χ3n) is 4.36. The second-order valence-electron chi connectivity index (χ2n) is 6.40. The van der Waals surface area contributed by atoms with Crippen LogP contribution in [0.3, 0.4) is 0 Å². The van der Waals surface area contributed by atoms with E-state index in [9.17, 15) is 4.79 Å². The Balaban J connectivity index is 1.48. The second kappa shape index (κ2) is 9.64. The van der Waals surface area contributed by atoms with Crippen LogP contribution in [0.25, 0.3) is 0 Å². The van der Waals surface area contributed by atoms with Gasteiger partial charge in [-0.25, -0.2) is 0 Å². The van der Waals surface area contributed by atoms with Gasteiger partial charge in [-0.1, -0.05) is 17.3 Å². The van der Waals surface area contributed by atoms with E-state index in [-0.39, 0.29) is 5.91 Å². The van der Waals surface area contributed by atoms with Crippen molar-refractivity contribution in [2.45, 2.75) is 20.5 Å². The number of benzene rings is 2. The maximum absolute atomic E-state index is 12.4. The lowest BCUT2D eigenvalue weighted by Gasteiger charge is -2.10. The predicted octanol–water partition coefficient (Wildman–Crippen LogP) is 3.69. The topological polar surface area (TPSA) is 82.8 Å². The lowest BCUT2D eigenvalue weighted by atomic mass is 10.2. The fourth-order valence-electron chi connectivity index (χ4n) is 2.72. The Kier molecular flexibility index (Phi) is 6.73. The average Bonchev–Trinajstić information content (AvgIpc) is 3.07. The third-order valence-corrected chi connectivity index (χ3v) is 4.36. The van der Waals surface area contributed by atoms with Crippen molar-refractivity contribution < 1.29 is 23.5 Å². The van der Waals surface area contributed by atoms with Gasteiger partial charge in [0.25, 0.3) is 5.91 Å². The Morgan fingerprint density at radius 2 is 1.76 bits per heavy atom. The molecule has 0 aliphatic carbocycles. The van der Waals surface area contributed by atoms with Crippen LogP contribution in [0.15, 0.2) is 53.1 Å². The fourth-order valence-corrected chi connectivity index (χ4v) is 2.72. The number of carbonyl (C=O) groups excluding carboxylic acids is 1. The van der Waals surface area contributed by atoms with E-state index in [0.29, 0.717) is 36.8 Å². The highest BCUT2D eigenvalue weighted by molar-refractivity contribution is 5.94. The van der Waals surface area contributed by atoms with Crippen molar-refractivity contribution in [3.63, 3.8) is 0 Å². The summed E-state index contributed by atoms with van der Waals surface area (Å²) in [6.45, 7) is 4.77. The monoisotopic (exact) mass is 396 g/mol. The van der Waals surface area contributed by atoms with Gasteiger partial charge in [0.1, 0.15) is 36.2 Å². The number of amides is 1. The molecule has 0 unspecified atom stereocenters. The molecule has 0 atom stereocenters. The van der Waals surface area contributed by atoms with Gasteiger partial charge in [0.05, 0.1) is 24.9 Å². The Morgan fingerprint density at radius 3 is 2.48 bits per heavy atom. The molecule has 0 aliphatic rings. The number of hydrogen-bond donors (Lipinski definition) is 1. The zero-order valence-electron chi connectivity index (χ0n) is 16.7. The van der Waals surface area contributed by atoms with Gasteiger partial charge >= 0.3 is 0 Å². The van der Waals surface area contributed by atoms with Crippen LogP contribution in [-0.2, 0) is 6.61 Å². The smallest absolute Gasteiger partial charge is 0.251 e. The summed E-state index contributed by atoms with van der Waals surface area (Å²) in [6, 6.07) is 14.4. The Morgan fingerprint density at radius 1 is 1.03 bits per heavy atom. The van der Waals surface area contributed by atoms with Gasteiger partial charge in [0, 0.05) is 11.6 Å². The van der Waals surface area contributed by atoms with E-state index in [1.54, 1.807) is 37.4 Å². The number of ether oxygens (including phenoxy) is 3. The Hall–Kier alpha value is -3.48. The summed E-state index contributed by atoms with van der Waals surface area (Å²) in [5.41, 5.74) is 2.23. The molecule has 7 nitrogen and oxygen atoms in total. The van der Waals surface area contributed by atoms with Crippen LogP contribution in [0.2, 0.25) is 0 Å². The Labute approximate surface area is 169 Å². The van der Waals surface area contributed by atoms with Crippen molar-refractivity contribution >= 4 is 5.91 Å². The van der Waals surface area contributed by atoms with E-state index >= 15 is 0 Å². The average molecular weight is 396 g/mol. The van der Waals surface area contributed by atoms with Crippen LogP contribution < -0.4 is 19.5 Å². The molecule has 3 aromatic rings. The second-order valence-corrected chi connectivity index (χ2v) is 6.40. The summed E-state index contributed by atoms with van der Waals surface area (Å²) >= 11 is 0. The minimum absolute atomic E-state index is 0.193. The normalized spacial score (nSPS) is 10.4. The molecule has 0 aliphatic heterocycles. The molecule has 1 amide bonds. The number of nitrogens with zero attached hydrogens (tertiary/aromatic N) is 1. The first kappa shape index (κ1) is 20.3. The molecular weight excluding hydrogens is 372 g/mol. The predicted molar refractivity (Wildman–Crippen MR) is 108 cm³/mol. The van der Waals surface area contributed by atoms with Crippen molar-refractivity contribution in [2.75, 3.05) is 20.3 Å². The molecule has 1 N–H and O–H groups in total.